The van der Waals surface area contributed by atoms with Crippen molar-refractivity contribution < 1.29 is 0 Å². The Hall–Kier alpha value is -1.19. The van der Waals surface area contributed by atoms with Gasteiger partial charge >= 0.3 is 0 Å². The van der Waals surface area contributed by atoms with Gasteiger partial charge in [0.15, 0.2) is 0 Å². The normalized spacial score (nSPS) is 12.6. The summed E-state index contributed by atoms with van der Waals surface area (Å²) in [6, 6.07) is 8.80. The molecule has 0 aliphatic heterocycles. The maximum Gasteiger partial charge on any atom is 0.0794 e. The number of nitrogens with one attached hydrogen (secondary N) is 1. The van der Waals surface area contributed by atoms with Crippen LogP contribution in [0.4, 0.5) is 0 Å². The second kappa shape index (κ2) is 6.66. The standard InChI is InChI=1S/C15H20N2S/c1-3-16-9-14(8-15-10-18-11-17-15)13-6-4-5-12(2)7-13/h4-7,10-11,14,16H,3,8-9H2,1-2H3. The van der Waals surface area contributed by atoms with Crippen LogP contribution in [0.2, 0.25) is 0 Å². The molecule has 1 aromatic heterocycles. The largest absolute Gasteiger partial charge is 0.316 e. The van der Waals surface area contributed by atoms with Crippen LogP contribution in [0, 0.1) is 6.92 Å². The fraction of sp³-hybridized carbons (Fsp3) is 0.400. The van der Waals surface area contributed by atoms with Crippen LogP contribution in [0.25, 0.3) is 0 Å². The summed E-state index contributed by atoms with van der Waals surface area (Å²) in [5.74, 6) is 0.506. The van der Waals surface area contributed by atoms with E-state index in [0.29, 0.717) is 5.92 Å². The fourth-order valence-corrected chi connectivity index (χ4v) is 2.71. The van der Waals surface area contributed by atoms with Crippen LogP contribution in [0.3, 0.4) is 0 Å². The summed E-state index contributed by atoms with van der Waals surface area (Å²) in [5.41, 5.74) is 5.84. The van der Waals surface area contributed by atoms with Crippen molar-refractivity contribution in [1.82, 2.24) is 10.3 Å². The summed E-state index contributed by atoms with van der Waals surface area (Å²) in [6.07, 6.45) is 1.01. The first-order valence-electron chi connectivity index (χ1n) is 6.44. The number of aromatic nitrogens is 1. The smallest absolute Gasteiger partial charge is 0.0794 e. The second-order valence-corrected chi connectivity index (χ2v) is 5.32. The number of aryl methyl sites for hydroxylation is 1. The fourth-order valence-electron chi connectivity index (χ4n) is 2.14. The lowest BCUT2D eigenvalue weighted by molar-refractivity contribution is 0.590. The molecule has 0 spiro atoms. The molecule has 0 aliphatic rings. The van der Waals surface area contributed by atoms with Gasteiger partial charge in [-0.25, -0.2) is 4.98 Å². The molecular weight excluding hydrogens is 240 g/mol. The highest BCUT2D eigenvalue weighted by atomic mass is 32.1. The van der Waals surface area contributed by atoms with Gasteiger partial charge in [-0.15, -0.1) is 11.3 Å². The molecule has 1 aromatic carbocycles. The monoisotopic (exact) mass is 260 g/mol. The van der Waals surface area contributed by atoms with Gasteiger partial charge in [0.1, 0.15) is 0 Å². The van der Waals surface area contributed by atoms with E-state index in [0.717, 1.165) is 19.5 Å². The first-order valence-corrected chi connectivity index (χ1v) is 7.38. The summed E-state index contributed by atoms with van der Waals surface area (Å²) in [7, 11) is 0. The average molecular weight is 260 g/mol. The van der Waals surface area contributed by atoms with Crippen LogP contribution in [0.1, 0.15) is 29.7 Å². The summed E-state index contributed by atoms with van der Waals surface area (Å²) < 4.78 is 0. The maximum absolute atomic E-state index is 4.40. The Kier molecular flexibility index (Phi) is 4.90. The lowest BCUT2D eigenvalue weighted by atomic mass is 9.93. The summed E-state index contributed by atoms with van der Waals surface area (Å²) in [6.45, 7) is 6.32. The highest BCUT2D eigenvalue weighted by molar-refractivity contribution is 7.07. The first-order chi connectivity index (χ1) is 8.79. The third-order valence-electron chi connectivity index (χ3n) is 3.09. The predicted molar refractivity (Wildman–Crippen MR) is 78.3 cm³/mol. The average Bonchev–Trinajstić information content (AvgIpc) is 2.87. The highest BCUT2D eigenvalue weighted by Crippen LogP contribution is 2.21. The summed E-state index contributed by atoms with van der Waals surface area (Å²) in [5, 5.41) is 5.60. The van der Waals surface area contributed by atoms with Gasteiger partial charge in [-0.05, 0) is 25.5 Å². The van der Waals surface area contributed by atoms with Gasteiger partial charge in [-0.2, -0.15) is 0 Å². The highest BCUT2D eigenvalue weighted by Gasteiger charge is 2.13. The van der Waals surface area contributed by atoms with Crippen LogP contribution in [-0.4, -0.2) is 18.1 Å². The minimum absolute atomic E-state index is 0.506. The van der Waals surface area contributed by atoms with E-state index in [9.17, 15) is 0 Å². The summed E-state index contributed by atoms with van der Waals surface area (Å²) in [4.78, 5) is 4.40. The van der Waals surface area contributed by atoms with E-state index >= 15 is 0 Å². The van der Waals surface area contributed by atoms with Crippen LogP contribution < -0.4 is 5.32 Å². The molecule has 0 bridgehead atoms. The molecule has 0 saturated carbocycles. The lowest BCUT2D eigenvalue weighted by Crippen LogP contribution is -2.22. The first kappa shape index (κ1) is 13.2. The van der Waals surface area contributed by atoms with Gasteiger partial charge < -0.3 is 5.32 Å². The molecule has 1 unspecified atom stereocenters. The Morgan fingerprint density at radius 1 is 1.39 bits per heavy atom. The quantitative estimate of drug-likeness (QED) is 0.861. The van der Waals surface area contributed by atoms with Gasteiger partial charge in [0.2, 0.25) is 0 Å². The molecule has 18 heavy (non-hydrogen) atoms. The summed E-state index contributed by atoms with van der Waals surface area (Å²) >= 11 is 1.67. The van der Waals surface area contributed by atoms with Crippen LogP contribution in [0.5, 0.6) is 0 Å². The number of nitrogens with zero attached hydrogens (tertiary/aromatic N) is 1. The van der Waals surface area contributed by atoms with Gasteiger partial charge in [0.25, 0.3) is 0 Å². The van der Waals surface area contributed by atoms with E-state index in [-0.39, 0.29) is 0 Å². The molecule has 3 heteroatoms. The topological polar surface area (TPSA) is 24.9 Å². The van der Waals surface area contributed by atoms with Crippen molar-refractivity contribution in [3.63, 3.8) is 0 Å². The van der Waals surface area contributed by atoms with E-state index in [1.807, 2.05) is 5.51 Å². The van der Waals surface area contributed by atoms with E-state index < -0.39 is 0 Å². The zero-order valence-electron chi connectivity index (χ0n) is 11.0. The molecule has 0 radical (unpaired) electrons. The Morgan fingerprint density at radius 3 is 2.94 bits per heavy atom. The number of rotatable bonds is 6. The zero-order chi connectivity index (χ0) is 12.8. The molecule has 0 fully saturated rings. The predicted octanol–water partition coefficient (Wildman–Crippen LogP) is 3.39. The third kappa shape index (κ3) is 3.65. The molecule has 2 aromatic rings. The maximum atomic E-state index is 4.40. The van der Waals surface area contributed by atoms with Crippen molar-refractivity contribution in [2.24, 2.45) is 0 Å². The Labute approximate surface area is 113 Å². The molecule has 0 amide bonds. The molecule has 1 atom stereocenters. The van der Waals surface area contributed by atoms with Crippen LogP contribution >= 0.6 is 11.3 Å². The number of benzene rings is 1. The Bertz CT molecular complexity index is 465. The lowest BCUT2D eigenvalue weighted by Gasteiger charge is -2.17. The molecule has 0 saturated heterocycles. The van der Waals surface area contributed by atoms with Crippen molar-refractivity contribution in [2.45, 2.75) is 26.2 Å². The van der Waals surface area contributed by atoms with E-state index in [2.05, 4.69) is 53.8 Å². The Morgan fingerprint density at radius 2 is 2.28 bits per heavy atom. The van der Waals surface area contributed by atoms with Gasteiger partial charge in [-0.3, -0.25) is 0 Å². The van der Waals surface area contributed by atoms with Crippen molar-refractivity contribution in [3.8, 4) is 0 Å². The second-order valence-electron chi connectivity index (χ2n) is 4.60. The van der Waals surface area contributed by atoms with Crippen LogP contribution in [-0.2, 0) is 6.42 Å². The van der Waals surface area contributed by atoms with E-state index in [4.69, 9.17) is 0 Å². The molecule has 0 aliphatic carbocycles. The van der Waals surface area contributed by atoms with Crippen molar-refractivity contribution in [1.29, 1.82) is 0 Å². The van der Waals surface area contributed by atoms with E-state index in [1.54, 1.807) is 11.3 Å². The number of hydrogen-bond donors (Lipinski definition) is 1. The van der Waals surface area contributed by atoms with Crippen molar-refractivity contribution in [3.05, 3.63) is 52.0 Å². The van der Waals surface area contributed by atoms with Gasteiger partial charge in [0.05, 0.1) is 11.2 Å². The van der Waals surface area contributed by atoms with Crippen LogP contribution in [0.15, 0.2) is 35.2 Å². The molecule has 96 valence electrons. The van der Waals surface area contributed by atoms with Crippen molar-refractivity contribution >= 4 is 11.3 Å². The van der Waals surface area contributed by atoms with Gasteiger partial charge in [0, 0.05) is 17.8 Å². The minimum atomic E-state index is 0.506. The molecule has 1 N–H and O–H groups in total. The van der Waals surface area contributed by atoms with Crippen molar-refractivity contribution in [2.75, 3.05) is 13.1 Å². The molecular formula is C15H20N2S. The minimum Gasteiger partial charge on any atom is -0.316 e. The zero-order valence-corrected chi connectivity index (χ0v) is 11.8. The molecule has 2 nitrogen and oxygen atoms in total. The number of hydrogen-bond acceptors (Lipinski definition) is 3. The molecule has 1 heterocycles. The Balaban J connectivity index is 2.13. The third-order valence-corrected chi connectivity index (χ3v) is 3.73. The number of likely N-dealkylation sites (N-methyl/N-ethyl adjacent to an activating group) is 1. The van der Waals surface area contributed by atoms with E-state index in [1.165, 1.54) is 16.8 Å². The number of thiazole rings is 1. The van der Waals surface area contributed by atoms with Gasteiger partial charge in [-0.1, -0.05) is 36.8 Å². The SMILES string of the molecule is CCNCC(Cc1cscn1)c1cccc(C)c1. The molecule has 2 rings (SSSR count).